The molecule has 0 bridgehead atoms. The van der Waals surface area contributed by atoms with Gasteiger partial charge < -0.3 is 15.5 Å². The molecule has 3 aromatic carbocycles. The van der Waals surface area contributed by atoms with E-state index in [0.29, 0.717) is 18.7 Å². The van der Waals surface area contributed by atoms with Crippen molar-refractivity contribution >= 4 is 11.7 Å². The Bertz CT molecular complexity index is 1340. The van der Waals surface area contributed by atoms with Crippen LogP contribution in [0.15, 0.2) is 72.8 Å². The smallest absolute Gasteiger partial charge is 0.229 e. The third-order valence-electron chi connectivity index (χ3n) is 6.07. The number of amides is 1. The minimum absolute atomic E-state index is 0.168. The van der Waals surface area contributed by atoms with Gasteiger partial charge in [0.1, 0.15) is 11.5 Å². The summed E-state index contributed by atoms with van der Waals surface area (Å²) in [6, 6.07) is 22.1. The Morgan fingerprint density at radius 3 is 2.38 bits per heavy atom. The molecule has 34 heavy (non-hydrogen) atoms. The highest BCUT2D eigenvalue weighted by Crippen LogP contribution is 2.34. The van der Waals surface area contributed by atoms with Crippen molar-refractivity contribution in [3.8, 4) is 22.8 Å². The summed E-state index contributed by atoms with van der Waals surface area (Å²) in [6.07, 6.45) is 3.04. The van der Waals surface area contributed by atoms with E-state index in [2.05, 4.69) is 17.4 Å². The number of carbonyl (C=O) groups excluding carboxylic acids is 1. The maximum Gasteiger partial charge on any atom is 0.229 e. The van der Waals surface area contributed by atoms with Gasteiger partial charge in [-0.05, 0) is 72.7 Å². The lowest BCUT2D eigenvalue weighted by Crippen LogP contribution is -2.20. The molecule has 0 saturated carbocycles. The molecule has 6 nitrogen and oxygen atoms in total. The summed E-state index contributed by atoms with van der Waals surface area (Å²) >= 11 is 0. The second kappa shape index (κ2) is 9.35. The first-order valence-electron chi connectivity index (χ1n) is 11.4. The summed E-state index contributed by atoms with van der Waals surface area (Å²) in [5, 5.41) is 22.3. The SMILES string of the molecule is O=C(Cc1ccc(O)cc1)Nc1nc2c(nc1CCc1ccccc1)-c1ccc(O)cc1CC2. The highest BCUT2D eigenvalue weighted by atomic mass is 16.3. The van der Waals surface area contributed by atoms with Gasteiger partial charge in [-0.1, -0.05) is 42.5 Å². The minimum Gasteiger partial charge on any atom is -0.508 e. The molecule has 0 unspecified atom stereocenters. The molecule has 0 radical (unpaired) electrons. The van der Waals surface area contributed by atoms with E-state index in [1.165, 1.54) is 5.56 Å². The van der Waals surface area contributed by atoms with E-state index in [0.717, 1.165) is 46.6 Å². The molecule has 0 atom stereocenters. The number of hydrogen-bond donors (Lipinski definition) is 3. The quantitative estimate of drug-likeness (QED) is 0.398. The number of phenols is 2. The van der Waals surface area contributed by atoms with Crippen LogP contribution in [0.1, 0.15) is 28.1 Å². The Morgan fingerprint density at radius 1 is 0.824 bits per heavy atom. The van der Waals surface area contributed by atoms with Crippen molar-refractivity contribution in [1.82, 2.24) is 9.97 Å². The predicted molar refractivity (Wildman–Crippen MR) is 131 cm³/mol. The molecular weight excluding hydrogens is 426 g/mol. The van der Waals surface area contributed by atoms with E-state index in [-0.39, 0.29) is 23.8 Å². The van der Waals surface area contributed by atoms with Crippen LogP contribution < -0.4 is 5.32 Å². The zero-order chi connectivity index (χ0) is 23.5. The lowest BCUT2D eigenvalue weighted by atomic mass is 9.91. The van der Waals surface area contributed by atoms with Crippen molar-refractivity contribution in [1.29, 1.82) is 0 Å². The molecule has 1 heterocycles. The van der Waals surface area contributed by atoms with Gasteiger partial charge in [0.25, 0.3) is 0 Å². The molecule has 1 aromatic heterocycles. The maximum absolute atomic E-state index is 12.8. The summed E-state index contributed by atoms with van der Waals surface area (Å²) in [5.41, 5.74) is 6.44. The fourth-order valence-corrected chi connectivity index (χ4v) is 4.32. The summed E-state index contributed by atoms with van der Waals surface area (Å²) in [6.45, 7) is 0. The molecule has 4 aromatic rings. The lowest BCUT2D eigenvalue weighted by molar-refractivity contribution is -0.115. The van der Waals surface area contributed by atoms with Gasteiger partial charge in [-0.2, -0.15) is 0 Å². The normalized spacial score (nSPS) is 12.0. The van der Waals surface area contributed by atoms with Crippen molar-refractivity contribution in [2.45, 2.75) is 32.1 Å². The number of nitrogens with zero attached hydrogens (tertiary/aromatic N) is 2. The van der Waals surface area contributed by atoms with Crippen molar-refractivity contribution < 1.29 is 15.0 Å². The largest absolute Gasteiger partial charge is 0.508 e. The van der Waals surface area contributed by atoms with Crippen LogP contribution in [0.4, 0.5) is 5.82 Å². The number of hydrogen-bond acceptors (Lipinski definition) is 5. The number of rotatable bonds is 6. The average Bonchev–Trinajstić information content (AvgIpc) is 2.84. The van der Waals surface area contributed by atoms with Crippen LogP contribution in [0.25, 0.3) is 11.3 Å². The van der Waals surface area contributed by atoms with E-state index in [4.69, 9.17) is 9.97 Å². The number of nitrogens with one attached hydrogen (secondary N) is 1. The zero-order valence-electron chi connectivity index (χ0n) is 18.7. The fourth-order valence-electron chi connectivity index (χ4n) is 4.32. The molecule has 170 valence electrons. The topological polar surface area (TPSA) is 95.3 Å². The first-order valence-corrected chi connectivity index (χ1v) is 11.4. The van der Waals surface area contributed by atoms with Crippen molar-refractivity contribution in [3.63, 3.8) is 0 Å². The zero-order valence-corrected chi connectivity index (χ0v) is 18.7. The van der Waals surface area contributed by atoms with Crippen LogP contribution in [-0.4, -0.2) is 26.1 Å². The van der Waals surface area contributed by atoms with E-state index in [1.54, 1.807) is 36.4 Å². The Kier molecular flexibility index (Phi) is 5.95. The van der Waals surface area contributed by atoms with Gasteiger partial charge in [0, 0.05) is 5.56 Å². The van der Waals surface area contributed by atoms with Crippen LogP contribution >= 0.6 is 0 Å². The predicted octanol–water partition coefficient (Wildman–Crippen LogP) is 4.62. The monoisotopic (exact) mass is 451 g/mol. The highest BCUT2D eigenvalue weighted by Gasteiger charge is 2.23. The maximum atomic E-state index is 12.8. The fraction of sp³-hybridized carbons (Fsp3) is 0.179. The van der Waals surface area contributed by atoms with E-state index < -0.39 is 0 Å². The molecule has 3 N–H and O–H groups in total. The summed E-state index contributed by atoms with van der Waals surface area (Å²) in [4.78, 5) is 22.7. The Morgan fingerprint density at radius 2 is 1.59 bits per heavy atom. The van der Waals surface area contributed by atoms with Crippen LogP contribution in [-0.2, 0) is 36.9 Å². The average molecular weight is 452 g/mol. The van der Waals surface area contributed by atoms with Crippen LogP contribution in [0, 0.1) is 0 Å². The molecule has 1 aliphatic carbocycles. The number of aryl methyl sites for hydroxylation is 4. The summed E-state index contributed by atoms with van der Waals surface area (Å²) in [7, 11) is 0. The first kappa shape index (κ1) is 21.6. The number of aromatic hydroxyl groups is 2. The third kappa shape index (κ3) is 4.76. The molecule has 5 rings (SSSR count). The minimum atomic E-state index is -0.179. The second-order valence-corrected chi connectivity index (χ2v) is 8.53. The third-order valence-corrected chi connectivity index (χ3v) is 6.07. The first-order chi connectivity index (χ1) is 16.5. The van der Waals surface area contributed by atoms with Gasteiger partial charge in [0.05, 0.1) is 23.5 Å². The van der Waals surface area contributed by atoms with Gasteiger partial charge in [0.15, 0.2) is 5.82 Å². The lowest BCUT2D eigenvalue weighted by Gasteiger charge is -2.21. The Balaban J connectivity index is 1.46. The number of benzene rings is 3. The van der Waals surface area contributed by atoms with Crippen LogP contribution in [0.3, 0.4) is 0 Å². The Hall–Kier alpha value is -4.19. The highest BCUT2D eigenvalue weighted by molar-refractivity contribution is 5.92. The van der Waals surface area contributed by atoms with Crippen LogP contribution in [0.5, 0.6) is 11.5 Å². The standard InChI is InChI=1S/C28H25N3O3/c32-21-10-6-19(7-11-21)16-26(34)31-28-25(14-8-18-4-2-1-3-5-18)29-27-23-13-12-22(33)17-20(23)9-15-24(27)30-28/h1-7,10-13,17,32-33H,8-9,14-16H2,(H,30,31,34). The van der Waals surface area contributed by atoms with Crippen LogP contribution in [0.2, 0.25) is 0 Å². The number of phenolic OH excluding ortho intramolecular Hbond substituents is 2. The van der Waals surface area contributed by atoms with Gasteiger partial charge >= 0.3 is 0 Å². The second-order valence-electron chi connectivity index (χ2n) is 8.53. The van der Waals surface area contributed by atoms with Gasteiger partial charge in [-0.25, -0.2) is 9.97 Å². The van der Waals surface area contributed by atoms with Gasteiger partial charge in [-0.3, -0.25) is 4.79 Å². The number of carbonyl (C=O) groups is 1. The van der Waals surface area contributed by atoms with E-state index in [9.17, 15) is 15.0 Å². The van der Waals surface area contributed by atoms with Gasteiger partial charge in [-0.15, -0.1) is 0 Å². The summed E-state index contributed by atoms with van der Waals surface area (Å²) in [5.74, 6) is 0.738. The van der Waals surface area contributed by atoms with Crippen molar-refractivity contribution in [2.75, 3.05) is 5.32 Å². The molecule has 0 fully saturated rings. The molecule has 0 spiro atoms. The molecule has 6 heteroatoms. The number of aromatic nitrogens is 2. The Labute approximate surface area is 198 Å². The molecule has 1 aliphatic rings. The van der Waals surface area contributed by atoms with Crippen molar-refractivity contribution in [3.05, 3.63) is 101 Å². The van der Waals surface area contributed by atoms with E-state index >= 15 is 0 Å². The summed E-state index contributed by atoms with van der Waals surface area (Å²) < 4.78 is 0. The molecule has 0 aliphatic heterocycles. The number of fused-ring (bicyclic) bond motifs is 3. The van der Waals surface area contributed by atoms with Gasteiger partial charge in [0.2, 0.25) is 5.91 Å². The van der Waals surface area contributed by atoms with Crippen molar-refractivity contribution in [2.24, 2.45) is 0 Å². The van der Waals surface area contributed by atoms with E-state index in [1.807, 2.05) is 24.3 Å². The molecule has 1 amide bonds. The molecule has 0 saturated heterocycles. The molecular formula is C28H25N3O3. The number of anilines is 1.